The monoisotopic (exact) mass is 227 g/mol. The minimum absolute atomic E-state index is 0. The molecule has 0 saturated heterocycles. The molecule has 0 N–H and O–H groups in total. The SMILES string of the molecule is CC(=O)OC(C)(C)[CH-][Si].[Rb+]. The Labute approximate surface area is 114 Å². The minimum atomic E-state index is -0.497. The zero-order chi connectivity index (χ0) is 7.49. The molecule has 51 valence electrons. The summed E-state index contributed by atoms with van der Waals surface area (Å²) in [6.45, 7) is 4.97. The summed E-state index contributed by atoms with van der Waals surface area (Å²) in [5, 5.41) is 0. The number of hydrogen-bond donors (Lipinski definition) is 0. The molecular weight excluding hydrogens is 218 g/mol. The zero-order valence-corrected chi connectivity index (χ0v) is 12.8. The molecule has 0 aromatic rings. The van der Waals surface area contributed by atoms with Crippen LogP contribution in [0.2, 0.25) is 0 Å². The standard InChI is InChI=1S/C6H10O2Si.Rb/c1-5(7)8-6(2,3)4-9;/h4H,1-3H3;/q-1;+1. The van der Waals surface area contributed by atoms with E-state index in [4.69, 9.17) is 4.74 Å². The van der Waals surface area contributed by atoms with Crippen molar-refractivity contribution < 1.29 is 67.7 Å². The zero-order valence-electron chi connectivity index (χ0n) is 6.89. The van der Waals surface area contributed by atoms with Crippen molar-refractivity contribution in [2.45, 2.75) is 26.4 Å². The Kier molecular flexibility index (Phi) is 8.51. The van der Waals surface area contributed by atoms with Crippen molar-refractivity contribution in [2.24, 2.45) is 0 Å². The van der Waals surface area contributed by atoms with E-state index in [1.54, 1.807) is 19.9 Å². The molecule has 3 radical (unpaired) electrons. The molecule has 2 nitrogen and oxygen atoms in total. The van der Waals surface area contributed by atoms with Crippen LogP contribution in [0.4, 0.5) is 0 Å². The summed E-state index contributed by atoms with van der Waals surface area (Å²) < 4.78 is 4.84. The third kappa shape index (κ3) is 7.60. The molecule has 0 spiro atoms. The Bertz CT molecular complexity index is 114. The second-order valence-corrected chi connectivity index (χ2v) is 2.63. The van der Waals surface area contributed by atoms with Crippen LogP contribution in [0, 0.1) is 6.04 Å². The number of ether oxygens (including phenoxy) is 1. The summed E-state index contributed by atoms with van der Waals surface area (Å²) in [5.41, 5.74) is -0.497. The van der Waals surface area contributed by atoms with E-state index in [0.717, 1.165) is 0 Å². The number of esters is 1. The van der Waals surface area contributed by atoms with Gasteiger partial charge in [-0.25, -0.2) is 10.2 Å². The molecule has 0 atom stereocenters. The first-order chi connectivity index (χ1) is 3.98. The maximum absolute atomic E-state index is 10.4. The van der Waals surface area contributed by atoms with Crippen molar-refractivity contribution >= 4 is 16.2 Å². The fraction of sp³-hybridized carbons (Fsp3) is 0.667. The molecule has 4 heteroatoms. The quantitative estimate of drug-likeness (QED) is 0.300. The van der Waals surface area contributed by atoms with E-state index in [9.17, 15) is 4.79 Å². The molecule has 0 heterocycles. The van der Waals surface area contributed by atoms with Crippen molar-refractivity contribution in [3.05, 3.63) is 6.04 Å². The van der Waals surface area contributed by atoms with Crippen LogP contribution in [0.25, 0.3) is 0 Å². The smallest absolute Gasteiger partial charge is 0.493 e. The molecule has 0 aliphatic rings. The fourth-order valence-electron chi connectivity index (χ4n) is 0.400. The van der Waals surface area contributed by atoms with Crippen LogP contribution >= 0.6 is 0 Å². The molecule has 0 rings (SSSR count). The van der Waals surface area contributed by atoms with Gasteiger partial charge >= 0.3 is 64.2 Å². The van der Waals surface area contributed by atoms with Gasteiger partial charge in [-0.3, -0.25) is 10.8 Å². The van der Waals surface area contributed by atoms with Crippen LogP contribution in [-0.2, 0) is 9.53 Å². The van der Waals surface area contributed by atoms with E-state index in [0.29, 0.717) is 0 Å². The summed E-state index contributed by atoms with van der Waals surface area (Å²) in [6, 6.07) is 1.65. The van der Waals surface area contributed by atoms with Crippen LogP contribution in [0.3, 0.4) is 0 Å². The van der Waals surface area contributed by atoms with Gasteiger partial charge < -0.3 is 4.74 Å². The molecule has 0 bridgehead atoms. The van der Waals surface area contributed by atoms with Crippen molar-refractivity contribution in [1.29, 1.82) is 0 Å². The summed E-state index contributed by atoms with van der Waals surface area (Å²) in [5.74, 6) is -0.269. The predicted molar refractivity (Wildman–Crippen MR) is 35.9 cm³/mol. The first-order valence-corrected chi connectivity index (χ1v) is 3.27. The van der Waals surface area contributed by atoms with Crippen LogP contribution < -0.4 is 58.2 Å². The molecule has 0 fully saturated rings. The van der Waals surface area contributed by atoms with Crippen LogP contribution in [-0.4, -0.2) is 21.8 Å². The van der Waals surface area contributed by atoms with E-state index in [-0.39, 0.29) is 64.2 Å². The van der Waals surface area contributed by atoms with Gasteiger partial charge in [0.1, 0.15) is 0 Å². The van der Waals surface area contributed by atoms with Crippen molar-refractivity contribution in [3.63, 3.8) is 0 Å². The second kappa shape index (κ2) is 6.06. The largest absolute Gasteiger partial charge is 1.00 e. The van der Waals surface area contributed by atoms with E-state index in [1.807, 2.05) is 0 Å². The van der Waals surface area contributed by atoms with Crippen LogP contribution in [0.15, 0.2) is 0 Å². The molecule has 0 unspecified atom stereocenters. The molecule has 10 heavy (non-hydrogen) atoms. The Morgan fingerprint density at radius 1 is 1.60 bits per heavy atom. The third-order valence-electron chi connectivity index (χ3n) is 0.754. The fourth-order valence-corrected chi connectivity index (χ4v) is 0.459. The average molecular weight is 228 g/mol. The van der Waals surface area contributed by atoms with Gasteiger partial charge in [0.05, 0.1) is 0 Å². The van der Waals surface area contributed by atoms with Crippen molar-refractivity contribution in [3.8, 4) is 0 Å². The van der Waals surface area contributed by atoms with E-state index >= 15 is 0 Å². The number of rotatable bonds is 2. The molecular formula is C6H10O2RbSi. The Balaban J connectivity index is 0. The normalized spacial score (nSPS) is 10.0. The van der Waals surface area contributed by atoms with Gasteiger partial charge in [-0.15, -0.1) is 0 Å². The summed E-state index contributed by atoms with van der Waals surface area (Å²) in [6.07, 6.45) is 0. The first-order valence-electron chi connectivity index (χ1n) is 2.69. The van der Waals surface area contributed by atoms with Gasteiger partial charge in [-0.2, -0.15) is 0 Å². The van der Waals surface area contributed by atoms with E-state index < -0.39 is 5.60 Å². The summed E-state index contributed by atoms with van der Waals surface area (Å²) in [4.78, 5) is 10.4. The topological polar surface area (TPSA) is 26.3 Å². The molecule has 0 saturated carbocycles. The van der Waals surface area contributed by atoms with Crippen LogP contribution in [0.1, 0.15) is 20.8 Å². The first kappa shape index (κ1) is 14.0. The average Bonchev–Trinajstić information content (AvgIpc) is 1.63. The van der Waals surface area contributed by atoms with Gasteiger partial charge in [0, 0.05) is 6.92 Å². The molecule has 0 aromatic heterocycles. The Morgan fingerprint density at radius 2 is 2.00 bits per heavy atom. The van der Waals surface area contributed by atoms with Crippen LogP contribution in [0.5, 0.6) is 0 Å². The second-order valence-electron chi connectivity index (χ2n) is 2.34. The van der Waals surface area contributed by atoms with E-state index in [1.165, 1.54) is 6.92 Å². The third-order valence-corrected chi connectivity index (χ3v) is 1.45. The number of carbonyl (C=O) groups excluding carboxylic acids is 1. The maximum Gasteiger partial charge on any atom is 1.00 e. The molecule has 0 amide bonds. The van der Waals surface area contributed by atoms with Gasteiger partial charge in [0.15, 0.2) is 0 Å². The minimum Gasteiger partial charge on any atom is -0.493 e. The van der Waals surface area contributed by atoms with Gasteiger partial charge in [-0.1, -0.05) is 13.8 Å². The summed E-state index contributed by atoms with van der Waals surface area (Å²) >= 11 is 0. The Hall–Kier alpha value is 1.49. The van der Waals surface area contributed by atoms with Gasteiger partial charge in [-0.05, 0) is 5.60 Å². The van der Waals surface area contributed by atoms with E-state index in [2.05, 4.69) is 10.2 Å². The predicted octanol–water partition coefficient (Wildman–Crippen LogP) is -2.34. The van der Waals surface area contributed by atoms with Gasteiger partial charge in [0.25, 0.3) is 0 Å². The maximum atomic E-state index is 10.4. The number of hydrogen-bond acceptors (Lipinski definition) is 2. The Morgan fingerprint density at radius 3 is 2.10 bits per heavy atom. The molecule has 0 aromatic carbocycles. The molecule has 0 aliphatic heterocycles. The number of carbonyl (C=O) groups is 1. The van der Waals surface area contributed by atoms with Gasteiger partial charge in [0.2, 0.25) is 0 Å². The van der Waals surface area contributed by atoms with Crippen molar-refractivity contribution in [2.75, 3.05) is 0 Å². The van der Waals surface area contributed by atoms with Crippen molar-refractivity contribution in [1.82, 2.24) is 0 Å². The molecule has 0 aliphatic carbocycles. The summed E-state index contributed by atoms with van der Waals surface area (Å²) in [7, 11) is 3.14.